The minimum absolute atomic E-state index is 0.0769. The lowest BCUT2D eigenvalue weighted by Crippen LogP contribution is -2.61. The number of hydrogen-bond acceptors (Lipinski definition) is 11. The Labute approximate surface area is 427 Å². The largest absolute Gasteiger partial charge is 0.479 e. The zero-order valence-corrected chi connectivity index (χ0v) is 43.4. The summed E-state index contributed by atoms with van der Waals surface area (Å²) in [7, 11) is 0. The van der Waals surface area contributed by atoms with Gasteiger partial charge in [-0.1, -0.05) is 194 Å². The van der Waals surface area contributed by atoms with Gasteiger partial charge in [-0.05, 0) is 83.5 Å². The number of rotatable bonds is 42. The van der Waals surface area contributed by atoms with Crippen LogP contribution < -0.4 is 0 Å². The number of hydrogen-bond donors (Lipinski definition) is 3. The highest BCUT2D eigenvalue weighted by Gasteiger charge is 2.50. The van der Waals surface area contributed by atoms with Crippen LogP contribution in [0.3, 0.4) is 0 Å². The van der Waals surface area contributed by atoms with Crippen LogP contribution in [-0.2, 0) is 42.9 Å². The maximum Gasteiger partial charge on any atom is 0.335 e. The van der Waals surface area contributed by atoms with Crippen LogP contribution >= 0.6 is 0 Å². The molecule has 0 spiro atoms. The van der Waals surface area contributed by atoms with E-state index in [-0.39, 0.29) is 25.9 Å². The van der Waals surface area contributed by atoms with Gasteiger partial charge >= 0.3 is 23.9 Å². The molecule has 398 valence electrons. The van der Waals surface area contributed by atoms with Crippen LogP contribution in [0.5, 0.6) is 0 Å². The Hall–Kier alpha value is -4.88. The number of allylic oxidation sites excluding steroid dienone is 20. The maximum absolute atomic E-state index is 13.0. The van der Waals surface area contributed by atoms with Crippen LogP contribution in [0.1, 0.15) is 175 Å². The van der Waals surface area contributed by atoms with Crippen molar-refractivity contribution in [1.29, 1.82) is 0 Å². The van der Waals surface area contributed by atoms with Gasteiger partial charge in [0, 0.05) is 19.3 Å². The molecule has 1 rings (SSSR count). The molecule has 0 amide bonds. The molecule has 12 nitrogen and oxygen atoms in total. The quantitative estimate of drug-likeness (QED) is 0.0229. The van der Waals surface area contributed by atoms with E-state index >= 15 is 0 Å². The molecular formula is C59H90O12. The molecule has 12 heteroatoms. The van der Waals surface area contributed by atoms with Crippen LogP contribution in [-0.4, -0.2) is 89.2 Å². The Morgan fingerprint density at radius 1 is 0.479 bits per heavy atom. The fourth-order valence-electron chi connectivity index (χ4n) is 7.05. The number of carboxylic acids is 1. The highest BCUT2D eigenvalue weighted by molar-refractivity contribution is 5.74. The van der Waals surface area contributed by atoms with Gasteiger partial charge in [-0.2, -0.15) is 0 Å². The van der Waals surface area contributed by atoms with Crippen LogP contribution in [0.2, 0.25) is 0 Å². The summed E-state index contributed by atoms with van der Waals surface area (Å²) < 4.78 is 28.1. The van der Waals surface area contributed by atoms with Gasteiger partial charge in [-0.25, -0.2) is 4.79 Å². The van der Waals surface area contributed by atoms with Crippen molar-refractivity contribution in [2.24, 2.45) is 0 Å². The number of esters is 3. The Morgan fingerprint density at radius 2 is 0.887 bits per heavy atom. The van der Waals surface area contributed by atoms with Gasteiger partial charge in [-0.3, -0.25) is 14.4 Å². The van der Waals surface area contributed by atoms with Gasteiger partial charge < -0.3 is 39.0 Å². The number of aliphatic carboxylic acids is 1. The van der Waals surface area contributed by atoms with Crippen LogP contribution in [0.4, 0.5) is 0 Å². The average molecular weight is 991 g/mol. The predicted molar refractivity (Wildman–Crippen MR) is 284 cm³/mol. The van der Waals surface area contributed by atoms with Gasteiger partial charge in [0.1, 0.15) is 18.8 Å². The van der Waals surface area contributed by atoms with E-state index in [0.717, 1.165) is 83.5 Å². The molecule has 0 aromatic carbocycles. The minimum atomic E-state index is -1.94. The van der Waals surface area contributed by atoms with E-state index in [4.69, 9.17) is 23.7 Å². The third-order valence-electron chi connectivity index (χ3n) is 11.1. The van der Waals surface area contributed by atoms with Crippen molar-refractivity contribution in [3.8, 4) is 0 Å². The molecule has 0 aromatic heterocycles. The SMILES string of the molecule is CC/C=C\C/C=C\C/C=C\C/C=C\C/C=C\C/C=C\CCC(=O)OC1C(OCC(COC(=O)CC/C=C\C/C=C\C/C=C\C/C=C\CC)OC(=O)CCCCCCCCCCC)OC(C(=O)O)C(O)C1O. The smallest absolute Gasteiger partial charge is 0.335 e. The van der Waals surface area contributed by atoms with E-state index in [2.05, 4.69) is 112 Å². The third-order valence-corrected chi connectivity index (χ3v) is 11.1. The molecule has 6 atom stereocenters. The van der Waals surface area contributed by atoms with Crippen molar-refractivity contribution in [1.82, 2.24) is 0 Å². The zero-order chi connectivity index (χ0) is 51.8. The number of carbonyl (C=O) groups excluding carboxylic acids is 3. The van der Waals surface area contributed by atoms with Crippen LogP contribution in [0.15, 0.2) is 122 Å². The summed E-state index contributed by atoms with van der Waals surface area (Å²) in [5, 5.41) is 31.3. The molecule has 0 aliphatic carbocycles. The Kier molecular flexibility index (Phi) is 41.7. The number of carbonyl (C=O) groups is 4. The topological polar surface area (TPSA) is 175 Å². The number of unbranched alkanes of at least 4 members (excludes halogenated alkanes) is 8. The Bertz CT molecular complexity index is 1700. The second-order valence-corrected chi connectivity index (χ2v) is 17.4. The molecule has 1 aliphatic rings. The van der Waals surface area contributed by atoms with Gasteiger partial charge in [-0.15, -0.1) is 0 Å². The summed E-state index contributed by atoms with van der Waals surface area (Å²) in [5.74, 6) is -3.36. The first-order valence-corrected chi connectivity index (χ1v) is 26.5. The third kappa shape index (κ3) is 36.7. The lowest BCUT2D eigenvalue weighted by atomic mass is 9.98. The average Bonchev–Trinajstić information content (AvgIpc) is 3.35. The summed E-state index contributed by atoms with van der Waals surface area (Å²) in [6, 6.07) is 0. The first kappa shape index (κ1) is 64.1. The molecule has 1 heterocycles. The van der Waals surface area contributed by atoms with E-state index in [0.29, 0.717) is 25.7 Å². The van der Waals surface area contributed by atoms with Crippen LogP contribution in [0, 0.1) is 0 Å². The van der Waals surface area contributed by atoms with Gasteiger partial charge in [0.05, 0.1) is 6.61 Å². The molecule has 6 unspecified atom stereocenters. The van der Waals surface area contributed by atoms with Crippen molar-refractivity contribution in [2.75, 3.05) is 13.2 Å². The van der Waals surface area contributed by atoms with E-state index in [1.54, 1.807) is 0 Å². The van der Waals surface area contributed by atoms with Crippen molar-refractivity contribution in [3.05, 3.63) is 122 Å². The van der Waals surface area contributed by atoms with Crippen molar-refractivity contribution < 1.29 is 58.2 Å². The van der Waals surface area contributed by atoms with E-state index in [1.807, 2.05) is 30.4 Å². The molecule has 0 radical (unpaired) electrons. The normalized spacial score (nSPS) is 19.5. The van der Waals surface area contributed by atoms with E-state index in [9.17, 15) is 34.5 Å². The molecule has 0 saturated carbocycles. The molecule has 0 aromatic rings. The molecule has 3 N–H and O–H groups in total. The molecule has 1 fully saturated rings. The second kappa shape index (κ2) is 46.2. The summed E-state index contributed by atoms with van der Waals surface area (Å²) in [4.78, 5) is 50.7. The van der Waals surface area contributed by atoms with Gasteiger partial charge in [0.25, 0.3) is 0 Å². The molecule has 1 saturated heterocycles. The summed E-state index contributed by atoms with van der Waals surface area (Å²) in [6.45, 7) is 5.60. The van der Waals surface area contributed by atoms with E-state index in [1.165, 1.54) is 25.7 Å². The second-order valence-electron chi connectivity index (χ2n) is 17.4. The number of aliphatic hydroxyl groups is 2. The fraction of sp³-hybridized carbons (Fsp3) is 0.593. The summed E-state index contributed by atoms with van der Waals surface area (Å²) in [6.07, 6.45) is 50.8. The first-order valence-electron chi connectivity index (χ1n) is 26.5. The zero-order valence-electron chi connectivity index (χ0n) is 43.4. The van der Waals surface area contributed by atoms with Crippen molar-refractivity contribution in [3.63, 3.8) is 0 Å². The Balaban J connectivity index is 2.78. The molecule has 71 heavy (non-hydrogen) atoms. The van der Waals surface area contributed by atoms with Gasteiger partial charge in [0.15, 0.2) is 24.6 Å². The number of carboxylic acid groups (broad SMARTS) is 1. The van der Waals surface area contributed by atoms with Crippen LogP contribution in [0.25, 0.3) is 0 Å². The molecular weight excluding hydrogens is 901 g/mol. The first-order chi connectivity index (χ1) is 34.6. The standard InChI is InChI=1S/C59H90O12/c1-4-7-10-13-16-19-21-23-24-25-26-27-28-30-32-35-38-41-44-47-53(62)70-57-55(64)54(63)56(58(65)66)71-59(57)68-49-50(69-52(61)46-43-40-37-33-18-15-12-9-6-3)48-67-51(60)45-42-39-36-34-31-29-22-20-17-14-11-8-5-2/h7-8,10-11,16-17,19-20,23-24,26-27,29-32,36,38-39,41,50,54-57,59,63-64H,4-6,9,12-15,18,21-22,25,28,33-35,37,40,42-49H2,1-3H3,(H,65,66)/b10-7-,11-8-,19-16-,20-17-,24-23-,27-26-,31-29-,32-30-,39-36-,41-38-. The predicted octanol–water partition coefficient (Wildman–Crippen LogP) is 12.9. The molecule has 1 aliphatic heterocycles. The minimum Gasteiger partial charge on any atom is -0.479 e. The summed E-state index contributed by atoms with van der Waals surface area (Å²) in [5.41, 5.74) is 0. The van der Waals surface area contributed by atoms with E-state index < -0.39 is 67.3 Å². The number of ether oxygens (including phenoxy) is 5. The monoisotopic (exact) mass is 991 g/mol. The fourth-order valence-corrected chi connectivity index (χ4v) is 7.05. The summed E-state index contributed by atoms with van der Waals surface area (Å²) >= 11 is 0. The number of aliphatic hydroxyl groups excluding tert-OH is 2. The van der Waals surface area contributed by atoms with Crippen molar-refractivity contribution >= 4 is 23.9 Å². The highest BCUT2D eigenvalue weighted by Crippen LogP contribution is 2.26. The Morgan fingerprint density at radius 3 is 1.32 bits per heavy atom. The maximum atomic E-state index is 13.0. The van der Waals surface area contributed by atoms with Gasteiger partial charge in [0.2, 0.25) is 0 Å². The highest BCUT2D eigenvalue weighted by atomic mass is 16.7. The molecule has 0 bridgehead atoms. The van der Waals surface area contributed by atoms with Crippen molar-refractivity contribution in [2.45, 2.75) is 212 Å². The lowest BCUT2D eigenvalue weighted by Gasteiger charge is -2.40. The lowest BCUT2D eigenvalue weighted by molar-refractivity contribution is -0.301.